The fraction of sp³-hybridized carbons (Fsp3) is 0.261. The second-order valence-corrected chi connectivity index (χ2v) is 7.91. The van der Waals surface area contributed by atoms with Crippen LogP contribution in [-0.4, -0.2) is 30.4 Å². The molecule has 1 fully saturated rings. The normalized spacial score (nSPS) is 15.6. The molecule has 0 spiro atoms. The van der Waals surface area contributed by atoms with Crippen LogP contribution in [-0.2, 0) is 0 Å². The van der Waals surface area contributed by atoms with Gasteiger partial charge in [0.05, 0.1) is 6.04 Å². The van der Waals surface area contributed by atoms with Crippen molar-refractivity contribution in [3.05, 3.63) is 82.6 Å². The van der Waals surface area contributed by atoms with E-state index in [0.29, 0.717) is 12.1 Å². The quantitative estimate of drug-likeness (QED) is 0.658. The molecule has 0 bridgehead atoms. The van der Waals surface area contributed by atoms with Crippen LogP contribution < -0.4 is 5.32 Å². The first kappa shape index (κ1) is 18.0. The van der Waals surface area contributed by atoms with Crippen LogP contribution in [0.3, 0.4) is 0 Å². The predicted molar refractivity (Wildman–Crippen MR) is 112 cm³/mol. The molecule has 2 heterocycles. The Morgan fingerprint density at radius 2 is 1.63 bits per heavy atom. The van der Waals surface area contributed by atoms with Gasteiger partial charge in [0, 0.05) is 17.0 Å². The standard InChI is InChI=1S/C23H24N2OS/c26-23(20-12-10-19(11-13-20)18-7-2-1-3-8-18)24-17-21(22-9-6-16-27-22)25-14-4-5-15-25/h1-3,6-13,16,21H,4-5,14-15,17H2,(H,24,26). The molecule has 1 unspecified atom stereocenters. The number of nitrogens with one attached hydrogen (secondary N) is 1. The van der Waals surface area contributed by atoms with Gasteiger partial charge in [-0.15, -0.1) is 11.3 Å². The smallest absolute Gasteiger partial charge is 0.251 e. The summed E-state index contributed by atoms with van der Waals surface area (Å²) in [7, 11) is 0. The van der Waals surface area contributed by atoms with Gasteiger partial charge in [0.25, 0.3) is 5.91 Å². The maximum Gasteiger partial charge on any atom is 0.251 e. The van der Waals surface area contributed by atoms with E-state index in [2.05, 4.69) is 39.9 Å². The highest BCUT2D eigenvalue weighted by Crippen LogP contribution is 2.28. The van der Waals surface area contributed by atoms with Gasteiger partial charge < -0.3 is 5.32 Å². The Bertz CT molecular complexity index is 853. The number of hydrogen-bond acceptors (Lipinski definition) is 3. The molecule has 1 aromatic heterocycles. The Morgan fingerprint density at radius 1 is 0.926 bits per heavy atom. The number of rotatable bonds is 6. The van der Waals surface area contributed by atoms with Crippen molar-refractivity contribution in [1.82, 2.24) is 10.2 Å². The molecule has 4 rings (SSSR count). The molecule has 27 heavy (non-hydrogen) atoms. The van der Waals surface area contributed by atoms with Crippen LogP contribution in [0.15, 0.2) is 72.1 Å². The van der Waals surface area contributed by atoms with Crippen molar-refractivity contribution >= 4 is 17.2 Å². The average Bonchev–Trinajstić information content (AvgIpc) is 3.44. The summed E-state index contributed by atoms with van der Waals surface area (Å²) >= 11 is 1.77. The summed E-state index contributed by atoms with van der Waals surface area (Å²) in [4.78, 5) is 16.5. The first-order valence-electron chi connectivity index (χ1n) is 9.52. The van der Waals surface area contributed by atoms with Crippen molar-refractivity contribution in [3.63, 3.8) is 0 Å². The summed E-state index contributed by atoms with van der Waals surface area (Å²) in [6.07, 6.45) is 2.49. The van der Waals surface area contributed by atoms with Gasteiger partial charge in [0.1, 0.15) is 0 Å². The third-order valence-electron chi connectivity index (χ3n) is 5.16. The van der Waals surface area contributed by atoms with Crippen LogP contribution in [0.5, 0.6) is 0 Å². The van der Waals surface area contributed by atoms with Gasteiger partial charge in [-0.1, -0.05) is 48.5 Å². The van der Waals surface area contributed by atoms with E-state index in [9.17, 15) is 4.79 Å². The van der Waals surface area contributed by atoms with Gasteiger partial charge in [-0.25, -0.2) is 0 Å². The summed E-state index contributed by atoms with van der Waals surface area (Å²) < 4.78 is 0. The highest BCUT2D eigenvalue weighted by atomic mass is 32.1. The van der Waals surface area contributed by atoms with Gasteiger partial charge in [-0.05, 0) is 60.6 Å². The van der Waals surface area contributed by atoms with E-state index in [1.165, 1.54) is 17.7 Å². The minimum Gasteiger partial charge on any atom is -0.350 e. The van der Waals surface area contributed by atoms with Gasteiger partial charge in [0.2, 0.25) is 0 Å². The highest BCUT2D eigenvalue weighted by molar-refractivity contribution is 7.10. The summed E-state index contributed by atoms with van der Waals surface area (Å²) in [5.41, 5.74) is 3.00. The fourth-order valence-corrected chi connectivity index (χ4v) is 4.54. The summed E-state index contributed by atoms with van der Waals surface area (Å²) in [5.74, 6) is -0.00429. The van der Waals surface area contributed by atoms with E-state index in [0.717, 1.165) is 24.2 Å². The monoisotopic (exact) mass is 376 g/mol. The lowest BCUT2D eigenvalue weighted by Gasteiger charge is -2.27. The molecule has 0 radical (unpaired) electrons. The lowest BCUT2D eigenvalue weighted by atomic mass is 10.0. The van der Waals surface area contributed by atoms with E-state index in [4.69, 9.17) is 0 Å². The lowest BCUT2D eigenvalue weighted by molar-refractivity contribution is 0.0938. The first-order valence-corrected chi connectivity index (χ1v) is 10.4. The second kappa shape index (κ2) is 8.51. The van der Waals surface area contributed by atoms with Crippen molar-refractivity contribution in [2.24, 2.45) is 0 Å². The first-order chi connectivity index (χ1) is 13.3. The molecule has 1 aliphatic rings. The molecule has 3 aromatic rings. The number of benzene rings is 2. The molecule has 4 heteroatoms. The topological polar surface area (TPSA) is 32.3 Å². The predicted octanol–water partition coefficient (Wildman–Crippen LogP) is 4.98. The van der Waals surface area contributed by atoms with E-state index >= 15 is 0 Å². The maximum absolute atomic E-state index is 12.7. The van der Waals surface area contributed by atoms with Gasteiger partial charge in [-0.2, -0.15) is 0 Å². The van der Waals surface area contributed by atoms with Crippen molar-refractivity contribution in [2.75, 3.05) is 19.6 Å². The number of thiophene rings is 1. The number of hydrogen-bond donors (Lipinski definition) is 1. The van der Waals surface area contributed by atoms with Crippen LogP contribution >= 0.6 is 11.3 Å². The molecule has 1 saturated heterocycles. The van der Waals surface area contributed by atoms with E-state index in [-0.39, 0.29) is 11.9 Å². The number of carbonyl (C=O) groups excluding carboxylic acids is 1. The minimum absolute atomic E-state index is 0.00429. The Kier molecular flexibility index (Phi) is 5.66. The minimum atomic E-state index is -0.00429. The van der Waals surface area contributed by atoms with Crippen LogP contribution in [0.1, 0.15) is 34.1 Å². The molecular formula is C23H24N2OS. The van der Waals surface area contributed by atoms with E-state index in [1.54, 1.807) is 11.3 Å². The fourth-order valence-electron chi connectivity index (χ4n) is 3.68. The third-order valence-corrected chi connectivity index (χ3v) is 6.14. The highest BCUT2D eigenvalue weighted by Gasteiger charge is 2.24. The Balaban J connectivity index is 1.42. The zero-order valence-corrected chi connectivity index (χ0v) is 16.1. The van der Waals surface area contributed by atoms with Crippen LogP contribution in [0.4, 0.5) is 0 Å². The van der Waals surface area contributed by atoms with Crippen LogP contribution in [0.2, 0.25) is 0 Å². The molecule has 1 aliphatic heterocycles. The summed E-state index contributed by atoms with van der Waals surface area (Å²) in [6.45, 7) is 2.88. The number of nitrogens with zero attached hydrogens (tertiary/aromatic N) is 1. The van der Waals surface area contributed by atoms with E-state index in [1.807, 2.05) is 42.5 Å². The number of likely N-dealkylation sites (tertiary alicyclic amines) is 1. The van der Waals surface area contributed by atoms with Gasteiger partial charge in [0.15, 0.2) is 0 Å². The molecule has 1 N–H and O–H groups in total. The van der Waals surface area contributed by atoms with E-state index < -0.39 is 0 Å². The SMILES string of the molecule is O=C(NCC(c1cccs1)N1CCCC1)c1ccc(-c2ccccc2)cc1. The van der Waals surface area contributed by atoms with Crippen LogP contribution in [0, 0.1) is 0 Å². The molecular weight excluding hydrogens is 352 g/mol. The second-order valence-electron chi connectivity index (χ2n) is 6.93. The Labute approximate surface area is 164 Å². The molecule has 1 amide bonds. The summed E-state index contributed by atoms with van der Waals surface area (Å²) in [6, 6.07) is 22.6. The molecule has 138 valence electrons. The van der Waals surface area contributed by atoms with Gasteiger partial charge in [-0.3, -0.25) is 9.69 Å². The zero-order valence-electron chi connectivity index (χ0n) is 15.3. The molecule has 3 nitrogen and oxygen atoms in total. The molecule has 0 aliphatic carbocycles. The Hall–Kier alpha value is -2.43. The van der Waals surface area contributed by atoms with Crippen molar-refractivity contribution in [1.29, 1.82) is 0 Å². The van der Waals surface area contributed by atoms with Crippen molar-refractivity contribution in [3.8, 4) is 11.1 Å². The molecule has 0 saturated carbocycles. The van der Waals surface area contributed by atoms with Crippen molar-refractivity contribution in [2.45, 2.75) is 18.9 Å². The van der Waals surface area contributed by atoms with Gasteiger partial charge >= 0.3 is 0 Å². The average molecular weight is 377 g/mol. The van der Waals surface area contributed by atoms with Crippen LogP contribution in [0.25, 0.3) is 11.1 Å². The Morgan fingerprint density at radius 3 is 2.30 bits per heavy atom. The maximum atomic E-state index is 12.7. The molecule has 1 atom stereocenters. The number of carbonyl (C=O) groups is 1. The molecule has 2 aromatic carbocycles. The zero-order chi connectivity index (χ0) is 18.5. The third kappa shape index (κ3) is 4.29. The lowest BCUT2D eigenvalue weighted by Crippen LogP contribution is -2.36. The number of amides is 1. The summed E-state index contributed by atoms with van der Waals surface area (Å²) in [5, 5.41) is 5.26. The largest absolute Gasteiger partial charge is 0.350 e. The van der Waals surface area contributed by atoms with Crippen molar-refractivity contribution < 1.29 is 4.79 Å².